The Hall–Kier alpha value is -2.63. The lowest BCUT2D eigenvalue weighted by Crippen LogP contribution is -2.17. The number of rotatable bonds is 3. The highest BCUT2D eigenvalue weighted by atomic mass is 35.5. The van der Waals surface area contributed by atoms with E-state index >= 15 is 0 Å². The molecule has 6 heteroatoms. The molecule has 1 aliphatic heterocycles. The molecular formula is C22H21ClN4O. The first-order valence-corrected chi connectivity index (χ1v) is 9.90. The summed E-state index contributed by atoms with van der Waals surface area (Å²) in [6.07, 6.45) is 7.08. The number of aryl methyl sites for hydroxylation is 1. The minimum atomic E-state index is 0.0247. The van der Waals surface area contributed by atoms with Crippen LogP contribution in [0.2, 0.25) is 5.02 Å². The first-order chi connectivity index (χ1) is 14.1. The van der Waals surface area contributed by atoms with Crippen molar-refractivity contribution in [2.24, 2.45) is 0 Å². The Labute approximate surface area is 170 Å². The Morgan fingerprint density at radius 2 is 2.18 bits per heavy atom. The molecule has 4 heterocycles. The van der Waals surface area contributed by atoms with E-state index in [4.69, 9.17) is 17.7 Å². The standard InChI is InChI=1S/C22H21ClN4O/c1-15-5-4-6-19(25-15)22-24-10-11-26(22)16-8-9-20-17(13-16)18(23)14-27(20)21-7-2-3-12-28-21/h4-6,8-11,13-14,21H,2-3,7,12H2,1H3/i11D. The van der Waals surface area contributed by atoms with Gasteiger partial charge in [0.05, 0.1) is 11.9 Å². The number of imidazole rings is 1. The number of hydrogen-bond donors (Lipinski definition) is 0. The molecule has 5 nitrogen and oxygen atoms in total. The topological polar surface area (TPSA) is 44.9 Å². The summed E-state index contributed by atoms with van der Waals surface area (Å²) >= 11 is 6.59. The molecule has 4 aromatic rings. The fraction of sp³-hybridized carbons (Fsp3) is 0.273. The number of aromatic nitrogens is 4. The highest BCUT2D eigenvalue weighted by molar-refractivity contribution is 6.35. The summed E-state index contributed by atoms with van der Waals surface area (Å²) in [4.78, 5) is 9.01. The molecule has 1 fully saturated rings. The molecule has 5 rings (SSSR count). The molecule has 1 saturated heterocycles. The number of pyridine rings is 1. The van der Waals surface area contributed by atoms with E-state index in [9.17, 15) is 0 Å². The van der Waals surface area contributed by atoms with Crippen molar-refractivity contribution in [1.82, 2.24) is 19.1 Å². The highest BCUT2D eigenvalue weighted by Crippen LogP contribution is 2.34. The van der Waals surface area contributed by atoms with Crippen molar-refractivity contribution in [2.45, 2.75) is 32.4 Å². The third-order valence-electron chi connectivity index (χ3n) is 5.20. The molecule has 28 heavy (non-hydrogen) atoms. The Balaban J connectivity index is 1.62. The van der Waals surface area contributed by atoms with E-state index < -0.39 is 0 Å². The number of hydrogen-bond acceptors (Lipinski definition) is 3. The summed E-state index contributed by atoms with van der Waals surface area (Å²) < 4.78 is 18.2. The van der Waals surface area contributed by atoms with Crippen LogP contribution in [0.15, 0.2) is 55.0 Å². The fourth-order valence-corrected chi connectivity index (χ4v) is 4.09. The zero-order chi connectivity index (χ0) is 20.0. The minimum absolute atomic E-state index is 0.0247. The average Bonchev–Trinajstić information content (AvgIpc) is 3.28. The van der Waals surface area contributed by atoms with Gasteiger partial charge in [0.15, 0.2) is 5.82 Å². The van der Waals surface area contributed by atoms with E-state index in [1.807, 2.05) is 49.5 Å². The van der Waals surface area contributed by atoms with Crippen LogP contribution in [-0.4, -0.2) is 25.7 Å². The van der Waals surface area contributed by atoms with Crippen molar-refractivity contribution in [3.63, 3.8) is 0 Å². The van der Waals surface area contributed by atoms with Gasteiger partial charge in [-0.1, -0.05) is 17.7 Å². The van der Waals surface area contributed by atoms with E-state index in [1.165, 1.54) is 0 Å². The highest BCUT2D eigenvalue weighted by Gasteiger charge is 2.20. The Kier molecular flexibility index (Phi) is 4.13. The fourth-order valence-electron chi connectivity index (χ4n) is 3.83. The largest absolute Gasteiger partial charge is 0.358 e. The van der Waals surface area contributed by atoms with Crippen LogP contribution in [-0.2, 0) is 4.74 Å². The predicted octanol–water partition coefficient (Wildman–Crippen LogP) is 5.55. The van der Waals surface area contributed by atoms with Crippen LogP contribution in [0.1, 0.15) is 32.6 Å². The van der Waals surface area contributed by atoms with Crippen molar-refractivity contribution >= 4 is 22.5 Å². The van der Waals surface area contributed by atoms with Gasteiger partial charge in [-0.05, 0) is 56.5 Å². The molecule has 1 aliphatic rings. The van der Waals surface area contributed by atoms with Crippen LogP contribution >= 0.6 is 11.6 Å². The monoisotopic (exact) mass is 393 g/mol. The van der Waals surface area contributed by atoms with Crippen LogP contribution in [0.3, 0.4) is 0 Å². The SMILES string of the molecule is [2H]c1cnc(-c2cccc(C)n2)n1-c1ccc2c(c1)c(Cl)cn2C1CCCCO1. The normalized spacial score (nSPS) is 17.8. The summed E-state index contributed by atoms with van der Waals surface area (Å²) in [6, 6.07) is 11.9. The number of ether oxygens (including phenoxy) is 1. The van der Waals surface area contributed by atoms with Crippen LogP contribution in [0.5, 0.6) is 0 Å². The number of halogens is 1. The summed E-state index contributed by atoms with van der Waals surface area (Å²) in [7, 11) is 0. The second-order valence-electron chi connectivity index (χ2n) is 7.12. The molecule has 0 spiro atoms. The van der Waals surface area contributed by atoms with Gasteiger partial charge in [0.1, 0.15) is 11.9 Å². The molecule has 1 atom stereocenters. The van der Waals surface area contributed by atoms with Gasteiger partial charge < -0.3 is 9.30 Å². The summed E-state index contributed by atoms with van der Waals surface area (Å²) in [5.74, 6) is 0.643. The van der Waals surface area contributed by atoms with Crippen molar-refractivity contribution in [3.05, 3.63) is 65.7 Å². The quantitative estimate of drug-likeness (QED) is 0.458. The zero-order valence-corrected chi connectivity index (χ0v) is 16.4. The minimum Gasteiger partial charge on any atom is -0.358 e. The number of benzene rings is 1. The first kappa shape index (κ1) is 16.3. The Bertz CT molecular complexity index is 1190. The summed E-state index contributed by atoms with van der Waals surface area (Å²) in [5.41, 5.74) is 3.52. The second-order valence-corrected chi connectivity index (χ2v) is 7.52. The molecule has 0 amide bonds. The molecule has 0 N–H and O–H groups in total. The molecule has 0 saturated carbocycles. The van der Waals surface area contributed by atoms with Crippen molar-refractivity contribution in [3.8, 4) is 17.2 Å². The maximum atomic E-state index is 8.37. The lowest BCUT2D eigenvalue weighted by atomic mass is 10.2. The van der Waals surface area contributed by atoms with Gasteiger partial charge in [0.2, 0.25) is 0 Å². The number of nitrogens with zero attached hydrogens (tertiary/aromatic N) is 4. The average molecular weight is 394 g/mol. The van der Waals surface area contributed by atoms with Crippen molar-refractivity contribution in [1.29, 1.82) is 0 Å². The van der Waals surface area contributed by atoms with Crippen LogP contribution < -0.4 is 0 Å². The predicted molar refractivity (Wildman–Crippen MR) is 111 cm³/mol. The molecule has 142 valence electrons. The molecule has 1 aromatic carbocycles. The Morgan fingerprint density at radius 1 is 1.25 bits per heavy atom. The first-order valence-electron chi connectivity index (χ1n) is 10.0. The van der Waals surface area contributed by atoms with Crippen LogP contribution in [0, 0.1) is 6.92 Å². The molecule has 0 bridgehead atoms. The van der Waals surface area contributed by atoms with E-state index in [-0.39, 0.29) is 6.23 Å². The number of fused-ring (bicyclic) bond motifs is 1. The maximum Gasteiger partial charge on any atom is 0.163 e. The van der Waals surface area contributed by atoms with E-state index in [2.05, 4.69) is 14.5 Å². The smallest absolute Gasteiger partial charge is 0.163 e. The van der Waals surface area contributed by atoms with Gasteiger partial charge in [-0.3, -0.25) is 4.57 Å². The van der Waals surface area contributed by atoms with Crippen LogP contribution in [0.25, 0.3) is 28.1 Å². The third kappa shape index (κ3) is 3.01. The van der Waals surface area contributed by atoms with Gasteiger partial charge in [-0.15, -0.1) is 0 Å². The molecule has 0 radical (unpaired) electrons. The van der Waals surface area contributed by atoms with Crippen molar-refractivity contribution in [2.75, 3.05) is 6.61 Å². The third-order valence-corrected chi connectivity index (χ3v) is 5.50. The Morgan fingerprint density at radius 3 is 3.00 bits per heavy atom. The van der Waals surface area contributed by atoms with E-state index in [0.717, 1.165) is 53.8 Å². The van der Waals surface area contributed by atoms with Crippen LogP contribution in [0.4, 0.5) is 0 Å². The summed E-state index contributed by atoms with van der Waals surface area (Å²) in [6.45, 7) is 2.73. The van der Waals surface area contributed by atoms with Gasteiger partial charge in [-0.2, -0.15) is 0 Å². The van der Waals surface area contributed by atoms with Crippen molar-refractivity contribution < 1.29 is 6.11 Å². The second kappa shape index (κ2) is 7.08. The van der Waals surface area contributed by atoms with Gasteiger partial charge >= 0.3 is 0 Å². The summed E-state index contributed by atoms with van der Waals surface area (Å²) in [5, 5.41) is 1.62. The maximum absolute atomic E-state index is 8.37. The van der Waals surface area contributed by atoms with Gasteiger partial charge in [-0.25, -0.2) is 9.97 Å². The molecule has 0 aliphatic carbocycles. The molecule has 1 unspecified atom stereocenters. The van der Waals surface area contributed by atoms with E-state index in [0.29, 0.717) is 17.0 Å². The molecule has 3 aromatic heterocycles. The van der Waals surface area contributed by atoms with E-state index in [1.54, 1.807) is 10.8 Å². The zero-order valence-electron chi connectivity index (χ0n) is 16.6. The lowest BCUT2D eigenvalue weighted by Gasteiger charge is -2.24. The van der Waals surface area contributed by atoms with Gasteiger partial charge in [0, 0.05) is 41.9 Å². The van der Waals surface area contributed by atoms with Gasteiger partial charge in [0.25, 0.3) is 0 Å². The lowest BCUT2D eigenvalue weighted by molar-refractivity contribution is -0.0291. The molecular weight excluding hydrogens is 372 g/mol.